The van der Waals surface area contributed by atoms with Gasteiger partial charge < -0.3 is 117 Å². The Hall–Kier alpha value is -3.54. The molecule has 0 saturated carbocycles. The molecule has 0 radical (unpaired) electrons. The van der Waals surface area contributed by atoms with Gasteiger partial charge in [-0.15, -0.1) is 0 Å². The molecular weight excluding hydrogens is 1640 g/mol. The largest absolute Gasteiger partial charge is 0.492 e. The number of aliphatic hydroxyl groups is 5. The van der Waals surface area contributed by atoms with Gasteiger partial charge in [0.1, 0.15) is 48.2 Å². The number of hydrogen-bond acceptors (Lipinski definition) is 34. The zero-order chi connectivity index (χ0) is 81.4. The quantitative estimate of drug-likeness (QED) is 0.0158. The van der Waals surface area contributed by atoms with Crippen LogP contribution in [0.15, 0.2) is 34.9 Å². The lowest BCUT2D eigenvalue weighted by atomic mass is 9.72. The number of aliphatic hydroxyl groups excluding tert-OH is 4. The van der Waals surface area contributed by atoms with Gasteiger partial charge in [0, 0.05) is 80.8 Å². The van der Waals surface area contributed by atoms with Crippen molar-refractivity contribution in [1.82, 2.24) is 10.4 Å². The second kappa shape index (κ2) is 49.8. The smallest absolute Gasteiger partial charge is 0.229 e. The Bertz CT molecular complexity index is 3340. The van der Waals surface area contributed by atoms with Crippen LogP contribution in [0.3, 0.4) is 0 Å². The highest BCUT2D eigenvalue weighted by Gasteiger charge is 2.52. The summed E-state index contributed by atoms with van der Waals surface area (Å²) in [5, 5.41) is 57.9. The monoisotopic (exact) mass is 1750 g/mol. The lowest BCUT2D eigenvalue weighted by molar-refractivity contribution is -0.337. The Morgan fingerprint density at radius 2 is 1.38 bits per heavy atom. The Balaban J connectivity index is 0.999. The first-order valence-corrected chi connectivity index (χ1v) is 42.2. The zero-order valence-electron chi connectivity index (χ0n) is 66.1. The van der Waals surface area contributed by atoms with Gasteiger partial charge in [-0.25, -0.2) is 0 Å². The SMILES string of the molecule is CCN(CC(=O)CCCOCCOCCOCCOCCOCCOCCOCCN)[C@H]1CO[C@@H](O[C@H]2[C@H](O[C@H]3C#C/C=C\C#C[C@]4(O)CC(=O)C(CC(C)=O)=C3/C4=C\CSSC(C)C)O[C@H](C)[C@@H](NO[C@H]3C[C@H](O)[C@H](SC(=O)c4c(C)c(I)c(O[C@@H]5O[C@@H](C)[C@H](O)[C@@H](OC)[C@H]5O)c(OC)c4OC)[C@@H](C)O3)[C@@H]2O)C[C@@H]1OC. The standard InChI is InChI=1S/C77H116IN3O28S3/c1-13-81(43-51(83)19-18-24-95-26-28-97-30-32-99-34-36-101-37-35-100-33-31-98-29-27-96-25-23-79)54-44-102-59(41-58(54)91-9)107-71-66(87)64(48(6)104-76(71)106-57-20-16-14-15-17-22-77(90)42-56(85)52(39-46(4)82)62(57)53(77)21-38-110-112-45(2)3)80-109-60-40-55(84)73(50(8)103-60)111-74(89)61-47(5)63(78)69(72(94-12)68(61)92-10)108-75-67(88)70(93-11)65(86)49(7)105-75/h14-15,21,45,48-50,54-55,57-60,64-67,70-71,73,75-76,80,84,86-88,90H,13,18-19,23-44,79H2,1-12H3/b15-14-,53-21+/t48-,49+,50-,54+,55+,57+,58+,59+,60+,64-,65+,66+,67-,70-,71-,73-,75+,76+,77+/m1/s1. The van der Waals surface area contributed by atoms with Crippen molar-refractivity contribution in [2.24, 2.45) is 5.73 Å². The van der Waals surface area contributed by atoms with Crippen LogP contribution in [0.1, 0.15) is 103 Å². The van der Waals surface area contributed by atoms with Crippen molar-refractivity contribution in [3.05, 3.63) is 49.6 Å². The maximum atomic E-state index is 14.6. The van der Waals surface area contributed by atoms with E-state index in [0.29, 0.717) is 127 Å². The maximum absolute atomic E-state index is 14.6. The molecule has 112 heavy (non-hydrogen) atoms. The average molecular weight is 1750 g/mol. The fourth-order valence-electron chi connectivity index (χ4n) is 13.3. The van der Waals surface area contributed by atoms with Gasteiger partial charge in [0.25, 0.3) is 0 Å². The van der Waals surface area contributed by atoms with Crippen LogP contribution in [0.2, 0.25) is 0 Å². The molecular formula is C77H116IN3O28S3. The molecule has 4 fully saturated rings. The van der Waals surface area contributed by atoms with E-state index in [1.807, 2.05) is 48.3 Å². The molecule has 1 aromatic carbocycles. The van der Waals surface area contributed by atoms with E-state index in [0.717, 1.165) is 11.8 Å². The number of benzene rings is 1. The van der Waals surface area contributed by atoms with Crippen LogP contribution in [-0.4, -0.2) is 326 Å². The number of carbonyl (C=O) groups is 4. The van der Waals surface area contributed by atoms with Gasteiger partial charge in [0.05, 0.1) is 177 Å². The topological polar surface area (TPSA) is 386 Å². The number of ether oxygens (including phenoxy) is 18. The van der Waals surface area contributed by atoms with Crippen molar-refractivity contribution in [3.8, 4) is 40.9 Å². The van der Waals surface area contributed by atoms with Crippen molar-refractivity contribution in [2.75, 3.05) is 153 Å². The normalized spacial score (nSPS) is 30.1. The van der Waals surface area contributed by atoms with Crippen molar-refractivity contribution in [3.63, 3.8) is 0 Å². The molecule has 35 heteroatoms. The van der Waals surface area contributed by atoms with Crippen LogP contribution in [0.25, 0.3) is 0 Å². The summed E-state index contributed by atoms with van der Waals surface area (Å²) in [6, 6.07) is -1.55. The molecule has 4 aliphatic heterocycles. The van der Waals surface area contributed by atoms with E-state index in [9.17, 15) is 44.7 Å². The fraction of sp³-hybridized carbons (Fsp3) is 0.740. The van der Waals surface area contributed by atoms with E-state index in [-0.39, 0.29) is 95.2 Å². The van der Waals surface area contributed by atoms with Crippen LogP contribution in [0, 0.1) is 34.2 Å². The van der Waals surface area contributed by atoms with Crippen molar-refractivity contribution in [2.45, 2.75) is 214 Å². The van der Waals surface area contributed by atoms with Gasteiger partial charge >= 0.3 is 0 Å². The number of Topliss-reactive ketones (excluding diaryl/α,β-unsaturated/α-hetero) is 3. The number of hydroxylamine groups is 1. The molecule has 1 aromatic rings. The van der Waals surface area contributed by atoms with Crippen LogP contribution >= 0.6 is 55.9 Å². The molecule has 31 nitrogen and oxygen atoms in total. The highest BCUT2D eigenvalue weighted by atomic mass is 127. The molecule has 8 N–H and O–H groups in total. The number of nitrogens with two attached hydrogens (primary N) is 1. The van der Waals surface area contributed by atoms with Gasteiger partial charge in [-0.2, -0.15) is 5.48 Å². The summed E-state index contributed by atoms with van der Waals surface area (Å²) >= 11 is 2.82. The molecule has 2 bridgehead atoms. The number of carbonyl (C=O) groups excluding carboxylic acids is 4. The third-order valence-corrected chi connectivity index (χ3v) is 24.5. The van der Waals surface area contributed by atoms with Gasteiger partial charge in [-0.3, -0.25) is 28.9 Å². The molecule has 0 amide bonds. The van der Waals surface area contributed by atoms with E-state index < -0.39 is 133 Å². The van der Waals surface area contributed by atoms with Crippen molar-refractivity contribution >= 4 is 78.4 Å². The van der Waals surface area contributed by atoms with E-state index >= 15 is 0 Å². The number of ketones is 3. The highest BCUT2D eigenvalue weighted by Crippen LogP contribution is 2.49. The Morgan fingerprint density at radius 1 is 0.759 bits per heavy atom. The van der Waals surface area contributed by atoms with Crippen LogP contribution in [0.4, 0.5) is 0 Å². The number of thioether (sulfide) groups is 1. The van der Waals surface area contributed by atoms with Gasteiger partial charge in [0.2, 0.25) is 17.2 Å². The summed E-state index contributed by atoms with van der Waals surface area (Å²) in [5.41, 5.74) is 7.28. The minimum Gasteiger partial charge on any atom is -0.492 e. The first-order valence-electron chi connectivity index (χ1n) is 37.9. The maximum Gasteiger partial charge on any atom is 0.229 e. The summed E-state index contributed by atoms with van der Waals surface area (Å²) in [7, 11) is 8.76. The highest BCUT2D eigenvalue weighted by molar-refractivity contribution is 14.1. The summed E-state index contributed by atoms with van der Waals surface area (Å²) < 4.78 is 108. The minimum absolute atomic E-state index is 0.00736. The first kappa shape index (κ1) is 95.6. The number of hydrogen-bond donors (Lipinski definition) is 7. The average Bonchev–Trinajstić information content (AvgIpc) is 0.756. The predicted octanol–water partition coefficient (Wildman–Crippen LogP) is 4.13. The summed E-state index contributed by atoms with van der Waals surface area (Å²) in [4.78, 5) is 63.9. The predicted molar refractivity (Wildman–Crippen MR) is 424 cm³/mol. The first-order chi connectivity index (χ1) is 53.8. The van der Waals surface area contributed by atoms with Crippen LogP contribution in [-0.2, 0) is 90.3 Å². The molecule has 0 aromatic heterocycles. The van der Waals surface area contributed by atoms with Crippen LogP contribution < -0.4 is 25.4 Å². The van der Waals surface area contributed by atoms with E-state index in [1.54, 1.807) is 51.7 Å². The Labute approximate surface area is 683 Å². The van der Waals surface area contributed by atoms with E-state index in [2.05, 4.69) is 29.2 Å². The zero-order valence-corrected chi connectivity index (χ0v) is 70.7. The number of halogens is 1. The van der Waals surface area contributed by atoms with Crippen LogP contribution in [0.5, 0.6) is 17.2 Å². The lowest BCUT2D eigenvalue weighted by Crippen LogP contribution is -2.65. The van der Waals surface area contributed by atoms with E-state index in [1.165, 1.54) is 51.2 Å². The van der Waals surface area contributed by atoms with E-state index in [4.69, 9.17) is 95.8 Å². The summed E-state index contributed by atoms with van der Waals surface area (Å²) in [6.07, 6.45) is -13.0. The third kappa shape index (κ3) is 28.0. The molecule has 0 unspecified atom stereocenters. The second-order valence-electron chi connectivity index (χ2n) is 27.5. The Kier molecular flexibility index (Phi) is 42.5. The number of allylic oxidation sites excluding steroid dienone is 3. The van der Waals surface area contributed by atoms with Crippen molar-refractivity contribution < 1.29 is 135 Å². The summed E-state index contributed by atoms with van der Waals surface area (Å²) in [6.45, 7) is 21.2. The molecule has 632 valence electrons. The van der Waals surface area contributed by atoms with Crippen molar-refractivity contribution in [1.29, 1.82) is 0 Å². The number of methoxy groups -OCH3 is 4. The number of nitrogens with zero attached hydrogens (tertiary/aromatic N) is 1. The third-order valence-electron chi connectivity index (χ3n) is 19.0. The molecule has 7 rings (SSSR count). The number of nitrogens with one attached hydrogen (secondary N) is 1. The second-order valence-corrected chi connectivity index (χ2v) is 32.7. The van der Waals surface area contributed by atoms with Gasteiger partial charge in [0.15, 0.2) is 41.8 Å². The molecule has 4 heterocycles. The fourth-order valence-corrected chi connectivity index (χ4v) is 17.0. The molecule has 6 aliphatic rings. The molecule has 19 atom stereocenters. The molecule has 4 saturated heterocycles. The lowest BCUT2D eigenvalue weighted by Gasteiger charge is -2.47. The molecule has 2 aliphatic carbocycles. The minimum atomic E-state index is -2.03. The number of fused-ring (bicyclic) bond motifs is 2. The van der Waals surface area contributed by atoms with Gasteiger partial charge in [-0.1, -0.05) is 83.9 Å². The number of rotatable bonds is 49. The summed E-state index contributed by atoms with van der Waals surface area (Å²) in [5.74, 6) is 11.4. The Morgan fingerprint density at radius 3 is 1.96 bits per heavy atom. The van der Waals surface area contributed by atoms with Gasteiger partial charge in [-0.05, 0) is 87.9 Å². The number of likely N-dealkylation sites (N-methyl/N-ethyl adjacent to an activating group) is 1. The molecule has 0 spiro atoms.